The molecule has 1 amide bonds. The molecule has 1 aromatic heterocycles. The van der Waals surface area contributed by atoms with Crippen molar-refractivity contribution in [1.29, 1.82) is 0 Å². The summed E-state index contributed by atoms with van der Waals surface area (Å²) in [4.78, 5) is 15.6. The molecule has 0 radical (unpaired) electrons. The Labute approximate surface area is 105 Å². The van der Waals surface area contributed by atoms with E-state index in [0.29, 0.717) is 5.75 Å². The fourth-order valence-corrected chi connectivity index (χ4v) is 1.57. The van der Waals surface area contributed by atoms with E-state index in [9.17, 15) is 4.79 Å². The maximum absolute atomic E-state index is 11.4. The second kappa shape index (κ2) is 5.46. The molecule has 2 aromatic rings. The number of hydrazine groups is 1. The summed E-state index contributed by atoms with van der Waals surface area (Å²) in [6.07, 6.45) is 1.74. The van der Waals surface area contributed by atoms with Gasteiger partial charge in [-0.1, -0.05) is 6.07 Å². The third kappa shape index (κ3) is 3.18. The van der Waals surface area contributed by atoms with E-state index in [0.717, 1.165) is 10.9 Å². The van der Waals surface area contributed by atoms with Crippen molar-refractivity contribution in [2.75, 3.05) is 20.7 Å². The third-order valence-electron chi connectivity index (χ3n) is 2.29. The average molecular weight is 245 g/mol. The molecule has 1 aromatic carbocycles. The van der Waals surface area contributed by atoms with Gasteiger partial charge in [-0.15, -0.1) is 0 Å². The third-order valence-corrected chi connectivity index (χ3v) is 2.29. The lowest BCUT2D eigenvalue weighted by Crippen LogP contribution is -2.39. The van der Waals surface area contributed by atoms with Crippen molar-refractivity contribution in [2.24, 2.45) is 0 Å². The molecule has 5 nitrogen and oxygen atoms in total. The molecule has 2 rings (SSSR count). The molecule has 0 saturated carbocycles. The lowest BCUT2D eigenvalue weighted by molar-refractivity contribution is -0.126. The van der Waals surface area contributed by atoms with Crippen molar-refractivity contribution < 1.29 is 9.53 Å². The average Bonchev–Trinajstić information content (AvgIpc) is 2.35. The molecule has 0 fully saturated rings. The van der Waals surface area contributed by atoms with Gasteiger partial charge < -0.3 is 4.74 Å². The van der Waals surface area contributed by atoms with Gasteiger partial charge in [0.2, 0.25) is 0 Å². The van der Waals surface area contributed by atoms with Crippen LogP contribution in [0.3, 0.4) is 0 Å². The van der Waals surface area contributed by atoms with Crippen LogP contribution in [0.1, 0.15) is 0 Å². The lowest BCUT2D eigenvalue weighted by atomic mass is 10.2. The van der Waals surface area contributed by atoms with Crippen molar-refractivity contribution >= 4 is 16.8 Å². The van der Waals surface area contributed by atoms with Gasteiger partial charge in [-0.05, 0) is 24.3 Å². The molecule has 0 aliphatic rings. The van der Waals surface area contributed by atoms with E-state index in [1.165, 1.54) is 0 Å². The predicted octanol–water partition coefficient (Wildman–Crippen LogP) is 1.21. The van der Waals surface area contributed by atoms with Crippen molar-refractivity contribution in [1.82, 2.24) is 15.4 Å². The summed E-state index contributed by atoms with van der Waals surface area (Å²) in [5.74, 6) is 0.468. The van der Waals surface area contributed by atoms with Gasteiger partial charge in [-0.2, -0.15) is 0 Å². The number of ether oxygens (including phenoxy) is 1. The molecule has 0 aliphatic heterocycles. The Morgan fingerprint density at radius 3 is 3.00 bits per heavy atom. The quantitative estimate of drug-likeness (QED) is 0.822. The van der Waals surface area contributed by atoms with Gasteiger partial charge in [0, 0.05) is 25.7 Å². The fraction of sp³-hybridized carbons (Fsp3) is 0.231. The number of nitrogens with one attached hydrogen (secondary N) is 1. The second-order valence-electron chi connectivity index (χ2n) is 4.08. The molecule has 0 saturated heterocycles. The SMILES string of the molecule is CN(C)NC(=O)COc1ccc2ncccc2c1. The topological polar surface area (TPSA) is 54.5 Å². The molecule has 94 valence electrons. The predicted molar refractivity (Wildman–Crippen MR) is 69.1 cm³/mol. The number of pyridine rings is 1. The number of benzene rings is 1. The number of fused-ring (bicyclic) bond motifs is 1. The second-order valence-corrected chi connectivity index (χ2v) is 4.08. The largest absolute Gasteiger partial charge is 0.484 e. The summed E-state index contributed by atoms with van der Waals surface area (Å²) in [5, 5.41) is 2.57. The first-order chi connectivity index (χ1) is 8.65. The van der Waals surface area contributed by atoms with Crippen LogP contribution in [0.2, 0.25) is 0 Å². The van der Waals surface area contributed by atoms with Gasteiger partial charge in [0.1, 0.15) is 5.75 Å². The molecule has 5 heteroatoms. The Hall–Kier alpha value is -2.14. The Balaban J connectivity index is 2.01. The summed E-state index contributed by atoms with van der Waals surface area (Å²) in [7, 11) is 3.50. The Bertz CT molecular complexity index is 555. The van der Waals surface area contributed by atoms with Gasteiger partial charge in [-0.25, -0.2) is 5.01 Å². The number of hydrogen-bond acceptors (Lipinski definition) is 4. The number of nitrogens with zero attached hydrogens (tertiary/aromatic N) is 2. The first-order valence-electron chi connectivity index (χ1n) is 5.59. The molecule has 0 aliphatic carbocycles. The van der Waals surface area contributed by atoms with Crippen molar-refractivity contribution in [3.05, 3.63) is 36.5 Å². The lowest BCUT2D eigenvalue weighted by Gasteiger charge is -2.12. The number of rotatable bonds is 4. The van der Waals surface area contributed by atoms with Crippen LogP contribution >= 0.6 is 0 Å². The molecular weight excluding hydrogens is 230 g/mol. The van der Waals surface area contributed by atoms with E-state index in [-0.39, 0.29) is 12.5 Å². The highest BCUT2D eigenvalue weighted by atomic mass is 16.5. The van der Waals surface area contributed by atoms with Gasteiger partial charge in [0.05, 0.1) is 5.52 Å². The summed E-state index contributed by atoms with van der Waals surface area (Å²) < 4.78 is 5.41. The summed E-state index contributed by atoms with van der Waals surface area (Å²) in [6.45, 7) is -0.00997. The standard InChI is InChI=1S/C13H15N3O2/c1-16(2)15-13(17)9-18-11-5-6-12-10(8-11)4-3-7-14-12/h3-8H,9H2,1-2H3,(H,15,17). The highest BCUT2D eigenvalue weighted by Gasteiger charge is 2.04. The monoisotopic (exact) mass is 245 g/mol. The van der Waals surface area contributed by atoms with Crippen LogP contribution in [0.25, 0.3) is 10.9 Å². The molecule has 1 heterocycles. The molecule has 0 unspecified atom stereocenters. The Morgan fingerprint density at radius 2 is 2.22 bits per heavy atom. The van der Waals surface area contributed by atoms with Crippen LogP contribution in [-0.2, 0) is 4.79 Å². The number of carbonyl (C=O) groups is 1. The van der Waals surface area contributed by atoms with Crippen molar-refractivity contribution in [3.8, 4) is 5.75 Å². The zero-order valence-electron chi connectivity index (χ0n) is 10.4. The van der Waals surface area contributed by atoms with E-state index >= 15 is 0 Å². The van der Waals surface area contributed by atoms with Gasteiger partial charge in [0.15, 0.2) is 6.61 Å². The van der Waals surface area contributed by atoms with E-state index in [1.54, 1.807) is 31.4 Å². The first kappa shape index (κ1) is 12.3. The molecule has 0 atom stereocenters. The zero-order valence-corrected chi connectivity index (χ0v) is 10.4. The molecule has 0 spiro atoms. The number of aromatic nitrogens is 1. The molecular formula is C13H15N3O2. The number of amides is 1. The van der Waals surface area contributed by atoms with Gasteiger partial charge in [0.25, 0.3) is 5.91 Å². The van der Waals surface area contributed by atoms with Crippen LogP contribution in [0, 0.1) is 0 Å². The molecule has 0 bridgehead atoms. The maximum Gasteiger partial charge on any atom is 0.272 e. The smallest absolute Gasteiger partial charge is 0.272 e. The minimum Gasteiger partial charge on any atom is -0.484 e. The van der Waals surface area contributed by atoms with Crippen LogP contribution in [0.4, 0.5) is 0 Å². The zero-order chi connectivity index (χ0) is 13.0. The highest BCUT2D eigenvalue weighted by Crippen LogP contribution is 2.18. The Kier molecular flexibility index (Phi) is 3.74. The molecule has 18 heavy (non-hydrogen) atoms. The van der Waals surface area contributed by atoms with Gasteiger partial charge >= 0.3 is 0 Å². The van der Waals surface area contributed by atoms with E-state index in [2.05, 4.69) is 10.4 Å². The summed E-state index contributed by atoms with van der Waals surface area (Å²) >= 11 is 0. The maximum atomic E-state index is 11.4. The summed E-state index contributed by atoms with van der Waals surface area (Å²) in [6, 6.07) is 9.36. The van der Waals surface area contributed by atoms with E-state index in [4.69, 9.17) is 4.74 Å². The van der Waals surface area contributed by atoms with E-state index in [1.807, 2.05) is 24.3 Å². The normalized spacial score (nSPS) is 10.6. The minimum atomic E-state index is -0.189. The fourth-order valence-electron chi connectivity index (χ4n) is 1.57. The molecule has 1 N–H and O–H groups in total. The van der Waals surface area contributed by atoms with E-state index < -0.39 is 0 Å². The van der Waals surface area contributed by atoms with Crippen molar-refractivity contribution in [2.45, 2.75) is 0 Å². The van der Waals surface area contributed by atoms with Crippen LogP contribution in [0.15, 0.2) is 36.5 Å². The Morgan fingerprint density at radius 1 is 1.39 bits per heavy atom. The van der Waals surface area contributed by atoms with Crippen LogP contribution in [0.5, 0.6) is 5.75 Å². The first-order valence-corrected chi connectivity index (χ1v) is 5.59. The number of hydrogen-bond donors (Lipinski definition) is 1. The van der Waals surface area contributed by atoms with Crippen LogP contribution in [-0.4, -0.2) is 36.6 Å². The number of carbonyl (C=O) groups excluding carboxylic acids is 1. The van der Waals surface area contributed by atoms with Crippen LogP contribution < -0.4 is 10.2 Å². The minimum absolute atomic E-state index is 0.00997. The highest BCUT2D eigenvalue weighted by molar-refractivity contribution is 5.80. The summed E-state index contributed by atoms with van der Waals surface area (Å²) in [5.41, 5.74) is 3.51. The van der Waals surface area contributed by atoms with Crippen molar-refractivity contribution in [3.63, 3.8) is 0 Å². The van der Waals surface area contributed by atoms with Gasteiger partial charge in [-0.3, -0.25) is 15.2 Å².